The van der Waals surface area contributed by atoms with Crippen LogP contribution in [0.3, 0.4) is 0 Å². The van der Waals surface area contributed by atoms with Crippen LogP contribution >= 0.6 is 0 Å². The third-order valence-electron chi connectivity index (χ3n) is 11.9. The summed E-state index contributed by atoms with van der Waals surface area (Å²) in [6.45, 7) is 0. The van der Waals surface area contributed by atoms with E-state index in [-0.39, 0.29) is 5.41 Å². The lowest BCUT2D eigenvalue weighted by Gasteiger charge is -2.32. The Morgan fingerprint density at radius 2 is 0.800 bits per heavy atom. The van der Waals surface area contributed by atoms with E-state index < -0.39 is 0 Å². The summed E-state index contributed by atoms with van der Waals surface area (Å²) in [5.74, 6) is 0. The number of hydrogen-bond donors (Lipinski definition) is 0. The Labute approximate surface area is 322 Å². The average Bonchev–Trinajstić information content (AvgIpc) is 4.06. The van der Waals surface area contributed by atoms with Gasteiger partial charge >= 0.3 is 0 Å². The molecule has 11 rings (SSSR count). The van der Waals surface area contributed by atoms with Gasteiger partial charge in [-0.05, 0) is 129 Å². The molecular formula is C53H38N2. The highest BCUT2D eigenvalue weighted by Gasteiger charge is 2.50. The molecule has 2 heteroatoms. The van der Waals surface area contributed by atoms with E-state index in [0.717, 1.165) is 35.6 Å². The van der Waals surface area contributed by atoms with Gasteiger partial charge in [-0.15, -0.1) is 0 Å². The summed E-state index contributed by atoms with van der Waals surface area (Å²) in [4.78, 5) is 4.77. The van der Waals surface area contributed by atoms with Crippen molar-refractivity contribution in [2.24, 2.45) is 0 Å². The molecule has 55 heavy (non-hydrogen) atoms. The molecule has 0 saturated heterocycles. The number of fused-ring (bicyclic) bond motifs is 5. The van der Waals surface area contributed by atoms with Crippen LogP contribution in [0.4, 0.5) is 34.1 Å². The van der Waals surface area contributed by atoms with Gasteiger partial charge in [0.25, 0.3) is 0 Å². The van der Waals surface area contributed by atoms with Crippen molar-refractivity contribution >= 4 is 55.7 Å². The first-order valence-corrected chi connectivity index (χ1v) is 19.3. The fourth-order valence-corrected chi connectivity index (χ4v) is 9.27. The van der Waals surface area contributed by atoms with Gasteiger partial charge in [-0.25, -0.2) is 0 Å². The van der Waals surface area contributed by atoms with E-state index in [1.807, 2.05) is 0 Å². The smallest absolute Gasteiger partial charge is 0.0540 e. The van der Waals surface area contributed by atoms with Crippen molar-refractivity contribution in [3.8, 4) is 22.3 Å². The molecule has 2 aliphatic rings. The fraction of sp³-hybridized carbons (Fsp3) is 0.0566. The molecule has 1 spiro atoms. The monoisotopic (exact) mass is 702 g/mol. The molecule has 0 amide bonds. The SMILES string of the molecule is c1ccc(N(c2ccccc2)c2ccc3c(c2)C2(CC2)c2ccc(-c4ccc(N(c5ccccc5)c5ccccc5)c5ccccc45)c4cccc-3c24)cc1. The molecule has 0 atom stereocenters. The maximum absolute atomic E-state index is 2.48. The van der Waals surface area contributed by atoms with Gasteiger partial charge in [0.2, 0.25) is 0 Å². The first-order valence-electron chi connectivity index (χ1n) is 19.3. The minimum absolute atomic E-state index is 0.0211. The summed E-state index contributed by atoms with van der Waals surface area (Å²) >= 11 is 0. The van der Waals surface area contributed by atoms with E-state index in [1.54, 1.807) is 0 Å². The first kappa shape index (κ1) is 31.6. The zero-order valence-electron chi connectivity index (χ0n) is 30.4. The Balaban J connectivity index is 1.08. The maximum Gasteiger partial charge on any atom is 0.0540 e. The van der Waals surface area contributed by atoms with E-state index in [9.17, 15) is 0 Å². The van der Waals surface area contributed by atoms with Gasteiger partial charge in [-0.1, -0.05) is 140 Å². The van der Waals surface area contributed by atoms with Crippen LogP contribution in [0.15, 0.2) is 206 Å². The summed E-state index contributed by atoms with van der Waals surface area (Å²) < 4.78 is 0. The average molecular weight is 703 g/mol. The van der Waals surface area contributed by atoms with Crippen LogP contribution in [0, 0.1) is 0 Å². The van der Waals surface area contributed by atoms with Crippen molar-refractivity contribution in [1.29, 1.82) is 0 Å². The van der Waals surface area contributed by atoms with Gasteiger partial charge in [-0.3, -0.25) is 0 Å². The van der Waals surface area contributed by atoms with E-state index in [4.69, 9.17) is 0 Å². The van der Waals surface area contributed by atoms with Crippen LogP contribution in [0.1, 0.15) is 24.0 Å². The Hall–Kier alpha value is -6.90. The number of anilines is 6. The number of nitrogens with zero attached hydrogens (tertiary/aromatic N) is 2. The minimum Gasteiger partial charge on any atom is -0.310 e. The second-order valence-corrected chi connectivity index (χ2v) is 14.9. The molecule has 0 radical (unpaired) electrons. The van der Waals surface area contributed by atoms with Crippen LogP contribution in [0.5, 0.6) is 0 Å². The Kier molecular flexibility index (Phi) is 7.25. The number of para-hydroxylation sites is 4. The van der Waals surface area contributed by atoms with Crippen LogP contribution in [-0.2, 0) is 5.41 Å². The van der Waals surface area contributed by atoms with E-state index in [0.29, 0.717) is 0 Å². The lowest BCUT2D eigenvalue weighted by atomic mass is 9.73. The second-order valence-electron chi connectivity index (χ2n) is 14.9. The van der Waals surface area contributed by atoms with Crippen molar-refractivity contribution < 1.29 is 0 Å². The van der Waals surface area contributed by atoms with Crippen molar-refractivity contribution in [1.82, 2.24) is 0 Å². The zero-order valence-corrected chi connectivity index (χ0v) is 30.4. The molecule has 1 saturated carbocycles. The molecule has 0 unspecified atom stereocenters. The second kappa shape index (κ2) is 12.6. The molecular weight excluding hydrogens is 665 g/mol. The van der Waals surface area contributed by atoms with Gasteiger partial charge in [0.05, 0.1) is 5.69 Å². The van der Waals surface area contributed by atoms with Crippen LogP contribution in [-0.4, -0.2) is 0 Å². The number of benzene rings is 9. The summed E-state index contributed by atoms with van der Waals surface area (Å²) in [5.41, 5.74) is 15.1. The van der Waals surface area contributed by atoms with Gasteiger partial charge in [0, 0.05) is 39.2 Å². The summed E-state index contributed by atoms with van der Waals surface area (Å²) in [6.07, 6.45) is 2.32. The third-order valence-corrected chi connectivity index (χ3v) is 11.9. The maximum atomic E-state index is 2.48. The predicted molar refractivity (Wildman–Crippen MR) is 232 cm³/mol. The number of rotatable bonds is 7. The Morgan fingerprint density at radius 3 is 1.40 bits per heavy atom. The molecule has 2 aliphatic carbocycles. The first-order chi connectivity index (χ1) is 27.3. The summed E-state index contributed by atoms with van der Waals surface area (Å²) in [5, 5.41) is 5.21. The molecule has 0 bridgehead atoms. The summed E-state index contributed by atoms with van der Waals surface area (Å²) in [6, 6.07) is 75.5. The molecule has 1 fully saturated rings. The summed E-state index contributed by atoms with van der Waals surface area (Å²) in [7, 11) is 0. The molecule has 0 heterocycles. The van der Waals surface area contributed by atoms with Gasteiger partial charge in [-0.2, -0.15) is 0 Å². The topological polar surface area (TPSA) is 6.48 Å². The van der Waals surface area contributed by atoms with Crippen molar-refractivity contribution in [3.05, 3.63) is 217 Å². The van der Waals surface area contributed by atoms with E-state index in [1.165, 1.54) is 66.3 Å². The quantitative estimate of drug-likeness (QED) is 0.163. The molecule has 0 aliphatic heterocycles. The minimum atomic E-state index is 0.0211. The molecule has 0 N–H and O–H groups in total. The van der Waals surface area contributed by atoms with Gasteiger partial charge < -0.3 is 9.80 Å². The number of hydrogen-bond acceptors (Lipinski definition) is 2. The lowest BCUT2D eigenvalue weighted by molar-refractivity contribution is 0.853. The molecule has 9 aromatic rings. The van der Waals surface area contributed by atoms with Crippen molar-refractivity contribution in [3.63, 3.8) is 0 Å². The van der Waals surface area contributed by atoms with Crippen molar-refractivity contribution in [2.75, 3.05) is 9.80 Å². The lowest BCUT2D eigenvalue weighted by Crippen LogP contribution is -2.17. The molecule has 2 nitrogen and oxygen atoms in total. The normalized spacial score (nSPS) is 13.5. The highest BCUT2D eigenvalue weighted by Crippen LogP contribution is 2.62. The molecule has 9 aromatic carbocycles. The van der Waals surface area contributed by atoms with Crippen LogP contribution in [0.25, 0.3) is 43.8 Å². The molecule has 260 valence electrons. The van der Waals surface area contributed by atoms with Crippen molar-refractivity contribution in [2.45, 2.75) is 18.3 Å². The Morgan fingerprint density at radius 1 is 0.309 bits per heavy atom. The largest absolute Gasteiger partial charge is 0.310 e. The highest BCUT2D eigenvalue weighted by molar-refractivity contribution is 6.14. The highest BCUT2D eigenvalue weighted by atomic mass is 15.1. The van der Waals surface area contributed by atoms with Crippen LogP contribution < -0.4 is 9.80 Å². The van der Waals surface area contributed by atoms with Gasteiger partial charge in [0.1, 0.15) is 0 Å². The zero-order chi connectivity index (χ0) is 36.3. The van der Waals surface area contributed by atoms with Crippen LogP contribution in [0.2, 0.25) is 0 Å². The standard InChI is InChI=1S/C53H38N2/c1-5-16-37(17-6-1)54(38-18-7-2-8-19-38)41-28-29-45-48-27-15-26-47-44(30-32-49(52(47)48)53(34-35-53)50(45)36-41)43-31-33-51(46-25-14-13-24-42(43)46)55(39-20-9-3-10-21-39)40-22-11-4-12-23-40/h1-33,36H,34-35H2. The third kappa shape index (κ3) is 5.02. The molecule has 0 aromatic heterocycles. The Bertz CT molecular complexity index is 2780. The van der Waals surface area contributed by atoms with Gasteiger partial charge in [0.15, 0.2) is 0 Å². The predicted octanol–water partition coefficient (Wildman–Crippen LogP) is 14.7. The van der Waals surface area contributed by atoms with E-state index >= 15 is 0 Å². The van der Waals surface area contributed by atoms with E-state index in [2.05, 4.69) is 216 Å². The fourth-order valence-electron chi connectivity index (χ4n) is 9.27.